The van der Waals surface area contributed by atoms with E-state index in [0.717, 1.165) is 30.9 Å². The van der Waals surface area contributed by atoms with Crippen molar-refractivity contribution < 1.29 is 19.3 Å². The molecule has 0 bridgehead atoms. The van der Waals surface area contributed by atoms with Crippen LogP contribution >= 0.6 is 0 Å². The molecule has 1 aromatic rings. The van der Waals surface area contributed by atoms with Gasteiger partial charge in [-0.1, -0.05) is 37.3 Å². The number of imide groups is 1. The van der Waals surface area contributed by atoms with E-state index in [2.05, 4.69) is 10.7 Å². The summed E-state index contributed by atoms with van der Waals surface area (Å²) in [6.45, 7) is 4.03. The minimum atomic E-state index is -1.12. The average molecular weight is 345 g/mol. The number of urea groups is 1. The maximum atomic E-state index is 12.9. The van der Waals surface area contributed by atoms with Crippen LogP contribution < -0.4 is 15.6 Å². The highest BCUT2D eigenvalue weighted by molar-refractivity contribution is 6.08. The minimum absolute atomic E-state index is 0.279. The molecule has 3 rings (SSSR count). The fourth-order valence-electron chi connectivity index (χ4n) is 3.66. The third-order valence-corrected chi connectivity index (χ3v) is 5.10. The zero-order valence-corrected chi connectivity index (χ0v) is 14.5. The molecule has 25 heavy (non-hydrogen) atoms. The van der Waals surface area contributed by atoms with Gasteiger partial charge >= 0.3 is 6.03 Å². The number of rotatable bonds is 5. The van der Waals surface area contributed by atoms with Gasteiger partial charge in [0, 0.05) is 0 Å². The van der Waals surface area contributed by atoms with E-state index < -0.39 is 17.5 Å². The Hall–Kier alpha value is -2.41. The van der Waals surface area contributed by atoms with Crippen molar-refractivity contribution in [2.45, 2.75) is 38.1 Å². The molecule has 0 aromatic heterocycles. The van der Waals surface area contributed by atoms with E-state index >= 15 is 0 Å². The molecule has 7 heteroatoms. The summed E-state index contributed by atoms with van der Waals surface area (Å²) in [5.74, 6) is -0.742. The number of nitrogens with zero attached hydrogens (tertiary/aromatic N) is 1. The molecular weight excluding hydrogens is 320 g/mol. The molecule has 134 valence electrons. The highest BCUT2D eigenvalue weighted by Gasteiger charge is 2.52. The van der Waals surface area contributed by atoms with Gasteiger partial charge in [-0.15, -0.1) is 0 Å². The summed E-state index contributed by atoms with van der Waals surface area (Å²) in [6, 6.07) is 8.54. The van der Waals surface area contributed by atoms with Crippen LogP contribution in [-0.4, -0.2) is 42.5 Å². The first-order valence-electron chi connectivity index (χ1n) is 8.92. The first kappa shape index (κ1) is 17.4. The third kappa shape index (κ3) is 3.37. The van der Waals surface area contributed by atoms with Crippen LogP contribution in [0.5, 0.6) is 0 Å². The maximum Gasteiger partial charge on any atom is 0.344 e. The van der Waals surface area contributed by atoms with Crippen molar-refractivity contribution in [1.29, 1.82) is 0 Å². The van der Waals surface area contributed by atoms with Gasteiger partial charge < -0.3 is 10.2 Å². The zero-order valence-electron chi connectivity index (χ0n) is 14.5. The molecule has 2 saturated heterocycles. The van der Waals surface area contributed by atoms with E-state index in [-0.39, 0.29) is 12.5 Å². The Labute approximate surface area is 147 Å². The third-order valence-electron chi connectivity index (χ3n) is 5.10. The van der Waals surface area contributed by atoms with Crippen molar-refractivity contribution in [2.75, 3.05) is 19.6 Å². The van der Waals surface area contributed by atoms with Gasteiger partial charge in [0.1, 0.15) is 5.54 Å². The molecule has 4 amide bonds. The summed E-state index contributed by atoms with van der Waals surface area (Å²) >= 11 is 0. The standard InChI is InChI=1S/C18H24N4O3/c1-2-18(14-9-5-3-6-10-14)16(24)22(17(25)19-18)20-15(23)13-21-11-7-4-8-12-21/h3,5-6,9-10H,2,4,7-8,11-13H2,1H3,(H,19,25)(H,20,23)/p+1/t18-/m0/s1. The molecule has 2 aliphatic heterocycles. The molecule has 0 spiro atoms. The summed E-state index contributed by atoms with van der Waals surface area (Å²) in [5, 5.41) is 3.59. The number of carbonyl (C=O) groups is 3. The quantitative estimate of drug-likeness (QED) is 0.654. The van der Waals surface area contributed by atoms with Crippen molar-refractivity contribution in [1.82, 2.24) is 15.8 Å². The van der Waals surface area contributed by atoms with Crippen LogP contribution in [0.1, 0.15) is 38.2 Å². The molecule has 2 heterocycles. The van der Waals surface area contributed by atoms with E-state index in [4.69, 9.17) is 0 Å². The molecule has 0 unspecified atom stereocenters. The van der Waals surface area contributed by atoms with Gasteiger partial charge in [-0.05, 0) is 31.2 Å². The van der Waals surface area contributed by atoms with E-state index in [9.17, 15) is 14.4 Å². The van der Waals surface area contributed by atoms with E-state index in [1.807, 2.05) is 37.3 Å². The lowest BCUT2D eigenvalue weighted by molar-refractivity contribution is -0.896. The number of hydrogen-bond donors (Lipinski definition) is 3. The second-order valence-electron chi connectivity index (χ2n) is 6.72. The first-order chi connectivity index (χ1) is 12.1. The number of carbonyl (C=O) groups excluding carboxylic acids is 3. The van der Waals surface area contributed by atoms with Crippen LogP contribution in [0.3, 0.4) is 0 Å². The average Bonchev–Trinajstić information content (AvgIpc) is 2.88. The van der Waals surface area contributed by atoms with Gasteiger partial charge in [-0.25, -0.2) is 4.79 Å². The largest absolute Gasteiger partial charge is 0.344 e. The Morgan fingerprint density at radius 3 is 2.52 bits per heavy atom. The van der Waals surface area contributed by atoms with Crippen LogP contribution in [0.4, 0.5) is 4.79 Å². The Morgan fingerprint density at radius 1 is 1.20 bits per heavy atom. The molecule has 1 aromatic carbocycles. The maximum absolute atomic E-state index is 12.9. The van der Waals surface area contributed by atoms with Gasteiger partial charge in [0.05, 0.1) is 13.1 Å². The molecular formula is C18H25N4O3+. The predicted molar refractivity (Wildman–Crippen MR) is 91.3 cm³/mol. The van der Waals surface area contributed by atoms with Gasteiger partial charge in [-0.3, -0.25) is 15.0 Å². The first-order valence-corrected chi connectivity index (χ1v) is 8.92. The summed E-state index contributed by atoms with van der Waals surface area (Å²) < 4.78 is 0. The van der Waals surface area contributed by atoms with Crippen LogP contribution in [0.15, 0.2) is 30.3 Å². The topological polar surface area (TPSA) is 83.0 Å². The molecule has 0 saturated carbocycles. The minimum Gasteiger partial charge on any atom is -0.327 e. The summed E-state index contributed by atoms with van der Waals surface area (Å²) in [5.41, 5.74) is 2.09. The lowest BCUT2D eigenvalue weighted by atomic mass is 9.87. The molecule has 1 atom stereocenters. The molecule has 0 radical (unpaired) electrons. The van der Waals surface area contributed by atoms with Crippen LogP contribution in [-0.2, 0) is 15.1 Å². The fraction of sp³-hybridized carbons (Fsp3) is 0.500. The van der Waals surface area contributed by atoms with Crippen LogP contribution in [0.25, 0.3) is 0 Å². The number of hydrogen-bond acceptors (Lipinski definition) is 3. The van der Waals surface area contributed by atoms with E-state index in [1.165, 1.54) is 11.3 Å². The molecule has 7 nitrogen and oxygen atoms in total. The number of amides is 4. The molecule has 0 aliphatic carbocycles. The number of quaternary nitrogens is 1. The Balaban J connectivity index is 1.71. The number of likely N-dealkylation sites (tertiary alicyclic amines) is 1. The van der Waals surface area contributed by atoms with Crippen LogP contribution in [0, 0.1) is 0 Å². The number of hydrazine groups is 1. The zero-order chi connectivity index (χ0) is 17.9. The number of piperidine rings is 1. The van der Waals surface area contributed by atoms with E-state index in [0.29, 0.717) is 12.0 Å². The SMILES string of the molecule is CC[C@@]1(c2ccccc2)NC(=O)N(NC(=O)C[NH+]2CCCCC2)C1=O. The van der Waals surface area contributed by atoms with Gasteiger partial charge in [-0.2, -0.15) is 5.01 Å². The van der Waals surface area contributed by atoms with Gasteiger partial charge in [0.15, 0.2) is 6.54 Å². The summed E-state index contributed by atoms with van der Waals surface area (Å²) in [6.07, 6.45) is 3.83. The van der Waals surface area contributed by atoms with Gasteiger partial charge in [0.2, 0.25) is 0 Å². The lowest BCUT2D eigenvalue weighted by Gasteiger charge is -2.26. The number of benzene rings is 1. The normalized spacial score (nSPS) is 24.3. The highest BCUT2D eigenvalue weighted by atomic mass is 16.2. The van der Waals surface area contributed by atoms with Gasteiger partial charge in [0.25, 0.3) is 11.8 Å². The van der Waals surface area contributed by atoms with Crippen molar-refractivity contribution in [3.8, 4) is 0 Å². The van der Waals surface area contributed by atoms with E-state index in [1.54, 1.807) is 0 Å². The molecule has 2 fully saturated rings. The summed E-state index contributed by atoms with van der Waals surface area (Å²) in [4.78, 5) is 38.7. The van der Waals surface area contributed by atoms with Crippen LogP contribution in [0.2, 0.25) is 0 Å². The van der Waals surface area contributed by atoms with Crippen molar-refractivity contribution >= 4 is 17.8 Å². The highest BCUT2D eigenvalue weighted by Crippen LogP contribution is 2.31. The monoisotopic (exact) mass is 345 g/mol. The summed E-state index contributed by atoms with van der Waals surface area (Å²) in [7, 11) is 0. The smallest absolute Gasteiger partial charge is 0.327 e. The Kier molecular flexibility index (Phi) is 5.03. The van der Waals surface area contributed by atoms with Crippen molar-refractivity contribution in [3.63, 3.8) is 0 Å². The lowest BCUT2D eigenvalue weighted by Crippen LogP contribution is -3.14. The second kappa shape index (κ2) is 7.23. The Bertz CT molecular complexity index is 658. The van der Waals surface area contributed by atoms with Crippen molar-refractivity contribution in [3.05, 3.63) is 35.9 Å². The molecule has 3 N–H and O–H groups in total. The number of nitrogens with one attached hydrogen (secondary N) is 3. The second-order valence-corrected chi connectivity index (χ2v) is 6.72. The Morgan fingerprint density at radius 2 is 1.88 bits per heavy atom. The predicted octanol–water partition coefficient (Wildman–Crippen LogP) is -0.0563. The fourth-order valence-corrected chi connectivity index (χ4v) is 3.66. The van der Waals surface area contributed by atoms with Crippen molar-refractivity contribution in [2.24, 2.45) is 0 Å². The molecule has 2 aliphatic rings.